The first-order valence-electron chi connectivity index (χ1n) is 5.69. The zero-order chi connectivity index (χ0) is 13.8. The lowest BCUT2D eigenvalue weighted by Crippen LogP contribution is -2.41. The summed E-state index contributed by atoms with van der Waals surface area (Å²) in [6.07, 6.45) is 0. The first kappa shape index (κ1) is 14.3. The Labute approximate surface area is 107 Å². The molecule has 1 rings (SSSR count). The second-order valence-corrected chi connectivity index (χ2v) is 4.92. The van der Waals surface area contributed by atoms with E-state index in [0.29, 0.717) is 0 Å². The topological polar surface area (TPSA) is 81.8 Å². The molecule has 0 fully saturated rings. The molecule has 5 nitrogen and oxygen atoms in total. The number of benzene rings is 1. The van der Waals surface area contributed by atoms with Gasteiger partial charge in [0, 0.05) is 0 Å². The number of para-hydroxylation sites is 2. The fraction of sp³-hybridized carbons (Fsp3) is 0.462. The molecule has 1 aromatic carbocycles. The quantitative estimate of drug-likeness (QED) is 0.793. The van der Waals surface area contributed by atoms with Crippen molar-refractivity contribution in [2.24, 2.45) is 5.73 Å². The molecule has 1 atom stereocenters. The largest absolute Gasteiger partial charge is 0.504 e. The zero-order valence-electron chi connectivity index (χ0n) is 10.8. The number of carbonyl (C=O) groups excluding carboxylic acids is 1. The van der Waals surface area contributed by atoms with Crippen LogP contribution in [0.1, 0.15) is 20.8 Å². The third-order valence-corrected chi connectivity index (χ3v) is 1.99. The van der Waals surface area contributed by atoms with Gasteiger partial charge in [0.15, 0.2) is 11.5 Å². The van der Waals surface area contributed by atoms with Gasteiger partial charge in [-0.15, -0.1) is 0 Å². The molecule has 0 aliphatic rings. The van der Waals surface area contributed by atoms with Crippen LogP contribution in [-0.2, 0) is 9.53 Å². The summed E-state index contributed by atoms with van der Waals surface area (Å²) >= 11 is 0. The fourth-order valence-corrected chi connectivity index (χ4v) is 1.20. The van der Waals surface area contributed by atoms with Gasteiger partial charge in [0.05, 0.1) is 0 Å². The predicted molar refractivity (Wildman–Crippen MR) is 67.4 cm³/mol. The Kier molecular flexibility index (Phi) is 4.55. The van der Waals surface area contributed by atoms with Crippen molar-refractivity contribution in [3.8, 4) is 11.5 Å². The van der Waals surface area contributed by atoms with E-state index in [4.69, 9.17) is 15.2 Å². The number of hydrogen-bond acceptors (Lipinski definition) is 5. The summed E-state index contributed by atoms with van der Waals surface area (Å²) < 4.78 is 10.4. The number of hydrogen-bond donors (Lipinski definition) is 2. The van der Waals surface area contributed by atoms with Gasteiger partial charge in [0.25, 0.3) is 0 Å². The molecule has 5 heteroatoms. The van der Waals surface area contributed by atoms with Crippen molar-refractivity contribution in [3.05, 3.63) is 24.3 Å². The van der Waals surface area contributed by atoms with Crippen molar-refractivity contribution in [3.63, 3.8) is 0 Å². The molecule has 1 aromatic rings. The first-order chi connectivity index (χ1) is 8.29. The standard InChI is InChI=1S/C13H19NO4/c1-13(2,3)18-12(16)9(14)8-17-11-7-5-4-6-10(11)15/h4-7,9,15H,8,14H2,1-3H3. The summed E-state index contributed by atoms with van der Waals surface area (Å²) in [5, 5.41) is 9.47. The molecule has 0 saturated carbocycles. The molecule has 0 saturated heterocycles. The molecule has 3 N–H and O–H groups in total. The van der Waals surface area contributed by atoms with E-state index in [-0.39, 0.29) is 18.1 Å². The first-order valence-corrected chi connectivity index (χ1v) is 5.69. The highest BCUT2D eigenvalue weighted by atomic mass is 16.6. The van der Waals surface area contributed by atoms with Gasteiger partial charge >= 0.3 is 5.97 Å². The van der Waals surface area contributed by atoms with Crippen LogP contribution in [0.4, 0.5) is 0 Å². The van der Waals surface area contributed by atoms with Gasteiger partial charge in [-0.2, -0.15) is 0 Å². The van der Waals surface area contributed by atoms with Crippen molar-refractivity contribution in [1.82, 2.24) is 0 Å². The van der Waals surface area contributed by atoms with Crippen LogP contribution in [0, 0.1) is 0 Å². The molecule has 0 heterocycles. The Bertz CT molecular complexity index is 412. The van der Waals surface area contributed by atoms with Crippen LogP contribution < -0.4 is 10.5 Å². The molecular formula is C13H19NO4. The molecule has 0 aliphatic heterocycles. The number of aromatic hydroxyl groups is 1. The van der Waals surface area contributed by atoms with E-state index in [0.717, 1.165) is 0 Å². The molecule has 18 heavy (non-hydrogen) atoms. The molecular weight excluding hydrogens is 234 g/mol. The van der Waals surface area contributed by atoms with Crippen molar-refractivity contribution in [1.29, 1.82) is 0 Å². The van der Waals surface area contributed by atoms with Gasteiger partial charge in [0.2, 0.25) is 0 Å². The van der Waals surface area contributed by atoms with Crippen LogP contribution in [0.15, 0.2) is 24.3 Å². The maximum Gasteiger partial charge on any atom is 0.326 e. The van der Waals surface area contributed by atoms with E-state index in [1.807, 2.05) is 0 Å². The summed E-state index contributed by atoms with van der Waals surface area (Å²) in [6.45, 7) is 5.25. The molecule has 0 amide bonds. The van der Waals surface area contributed by atoms with E-state index in [1.165, 1.54) is 6.07 Å². The van der Waals surface area contributed by atoms with Crippen LogP contribution in [0.3, 0.4) is 0 Å². The molecule has 0 aliphatic carbocycles. The Morgan fingerprint density at radius 1 is 1.39 bits per heavy atom. The van der Waals surface area contributed by atoms with Crippen LogP contribution in [-0.4, -0.2) is 29.3 Å². The normalized spacial score (nSPS) is 12.9. The number of phenolic OH excluding ortho intramolecular Hbond substituents is 1. The predicted octanol–water partition coefficient (Wildman–Crippen LogP) is 1.44. The van der Waals surface area contributed by atoms with Crippen LogP contribution >= 0.6 is 0 Å². The number of ether oxygens (including phenoxy) is 2. The minimum atomic E-state index is -0.885. The lowest BCUT2D eigenvalue weighted by atomic mass is 10.2. The minimum absolute atomic E-state index is 0.00823. The number of carbonyl (C=O) groups is 1. The Morgan fingerprint density at radius 3 is 2.56 bits per heavy atom. The Morgan fingerprint density at radius 2 is 2.00 bits per heavy atom. The summed E-state index contributed by atoms with van der Waals surface area (Å²) in [5.74, 6) is -0.233. The summed E-state index contributed by atoms with van der Waals surface area (Å²) in [6, 6.07) is 5.60. The van der Waals surface area contributed by atoms with Crippen LogP contribution in [0.5, 0.6) is 11.5 Å². The fourth-order valence-electron chi connectivity index (χ4n) is 1.20. The van der Waals surface area contributed by atoms with Gasteiger partial charge in [-0.05, 0) is 32.9 Å². The SMILES string of the molecule is CC(C)(C)OC(=O)C(N)COc1ccccc1O. The number of phenols is 1. The highest BCUT2D eigenvalue weighted by Crippen LogP contribution is 2.24. The lowest BCUT2D eigenvalue weighted by Gasteiger charge is -2.22. The van der Waals surface area contributed by atoms with Crippen molar-refractivity contribution < 1.29 is 19.4 Å². The van der Waals surface area contributed by atoms with Gasteiger partial charge in [0.1, 0.15) is 18.2 Å². The smallest absolute Gasteiger partial charge is 0.326 e. The van der Waals surface area contributed by atoms with E-state index < -0.39 is 17.6 Å². The lowest BCUT2D eigenvalue weighted by molar-refractivity contribution is -0.157. The summed E-state index contributed by atoms with van der Waals surface area (Å²) in [7, 11) is 0. The van der Waals surface area contributed by atoms with Crippen molar-refractivity contribution >= 4 is 5.97 Å². The highest BCUT2D eigenvalue weighted by Gasteiger charge is 2.22. The monoisotopic (exact) mass is 253 g/mol. The van der Waals surface area contributed by atoms with Crippen molar-refractivity contribution in [2.45, 2.75) is 32.4 Å². The third-order valence-electron chi connectivity index (χ3n) is 1.99. The Hall–Kier alpha value is -1.75. The van der Waals surface area contributed by atoms with E-state index >= 15 is 0 Å². The molecule has 0 radical (unpaired) electrons. The number of esters is 1. The molecule has 0 aromatic heterocycles. The van der Waals surface area contributed by atoms with Crippen molar-refractivity contribution in [2.75, 3.05) is 6.61 Å². The van der Waals surface area contributed by atoms with Gasteiger partial charge in [-0.3, -0.25) is 4.79 Å². The zero-order valence-corrected chi connectivity index (χ0v) is 10.8. The molecule has 0 bridgehead atoms. The van der Waals surface area contributed by atoms with Gasteiger partial charge in [-0.25, -0.2) is 0 Å². The van der Waals surface area contributed by atoms with E-state index in [1.54, 1.807) is 39.0 Å². The number of rotatable bonds is 4. The third kappa shape index (κ3) is 4.63. The maximum absolute atomic E-state index is 11.6. The van der Waals surface area contributed by atoms with Crippen LogP contribution in [0.25, 0.3) is 0 Å². The highest BCUT2D eigenvalue weighted by molar-refractivity contribution is 5.76. The summed E-state index contributed by atoms with van der Waals surface area (Å²) in [4.78, 5) is 11.6. The average molecular weight is 253 g/mol. The van der Waals surface area contributed by atoms with E-state index in [9.17, 15) is 9.90 Å². The van der Waals surface area contributed by atoms with Gasteiger partial charge in [-0.1, -0.05) is 12.1 Å². The second kappa shape index (κ2) is 5.73. The van der Waals surface area contributed by atoms with Gasteiger partial charge < -0.3 is 20.3 Å². The number of nitrogens with two attached hydrogens (primary N) is 1. The molecule has 0 spiro atoms. The summed E-state index contributed by atoms with van der Waals surface area (Å²) in [5.41, 5.74) is 5.06. The second-order valence-electron chi connectivity index (χ2n) is 4.92. The van der Waals surface area contributed by atoms with Crippen LogP contribution in [0.2, 0.25) is 0 Å². The van der Waals surface area contributed by atoms with E-state index in [2.05, 4.69) is 0 Å². The average Bonchev–Trinajstić information content (AvgIpc) is 2.25. The molecule has 1 unspecified atom stereocenters. The maximum atomic E-state index is 11.6. The minimum Gasteiger partial charge on any atom is -0.504 e. The molecule has 100 valence electrons. The Balaban J connectivity index is 2.49.